The minimum absolute atomic E-state index is 0.0780. The molecule has 0 aromatic carbocycles. The molecule has 0 radical (unpaired) electrons. The number of carbonyl (C=O) groups excluding carboxylic acids is 1. The highest BCUT2D eigenvalue weighted by atomic mass is 79.9. The summed E-state index contributed by atoms with van der Waals surface area (Å²) in [5.41, 5.74) is 1.12. The summed E-state index contributed by atoms with van der Waals surface area (Å²) in [6.45, 7) is 5.14. The lowest BCUT2D eigenvalue weighted by Crippen LogP contribution is -2.37. The summed E-state index contributed by atoms with van der Waals surface area (Å²) in [7, 11) is 3.52. The van der Waals surface area contributed by atoms with E-state index < -0.39 is 0 Å². The average Bonchev–Trinajstić information content (AvgIpc) is 2.29. The highest BCUT2D eigenvalue weighted by molar-refractivity contribution is 9.10. The molecule has 0 saturated carbocycles. The summed E-state index contributed by atoms with van der Waals surface area (Å²) < 4.78 is 0.983. The minimum Gasteiger partial charge on any atom is -0.348 e. The molecule has 0 aliphatic carbocycles. The van der Waals surface area contributed by atoms with E-state index in [1.165, 1.54) is 0 Å². The second-order valence-corrected chi connectivity index (χ2v) is 4.95. The quantitative estimate of drug-likeness (QED) is 0.854. The van der Waals surface area contributed by atoms with Gasteiger partial charge in [0.2, 0.25) is 5.91 Å². The molecule has 0 N–H and O–H groups in total. The third-order valence-electron chi connectivity index (χ3n) is 2.56. The number of likely N-dealkylation sites (N-methyl/N-ethyl adjacent to an activating group) is 2. The van der Waals surface area contributed by atoms with Crippen LogP contribution < -0.4 is 4.90 Å². The highest BCUT2D eigenvalue weighted by Gasteiger charge is 2.13. The molecule has 0 spiro atoms. The molecular formula is C12H18BrN3O. The number of hydrogen-bond acceptors (Lipinski definition) is 3. The van der Waals surface area contributed by atoms with E-state index >= 15 is 0 Å². The number of aromatic nitrogens is 1. The first kappa shape index (κ1) is 14.0. The normalized spacial score (nSPS) is 10.2. The van der Waals surface area contributed by atoms with Gasteiger partial charge in [-0.2, -0.15) is 0 Å². The fraction of sp³-hybridized carbons (Fsp3) is 0.500. The van der Waals surface area contributed by atoms with Crippen molar-refractivity contribution in [1.29, 1.82) is 0 Å². The van der Waals surface area contributed by atoms with Crippen LogP contribution in [0.3, 0.4) is 0 Å². The first-order chi connectivity index (χ1) is 7.95. The fourth-order valence-corrected chi connectivity index (χ4v) is 1.57. The van der Waals surface area contributed by atoms with E-state index in [1.807, 2.05) is 24.8 Å². The van der Waals surface area contributed by atoms with Crippen molar-refractivity contribution in [3.05, 3.63) is 22.3 Å². The topological polar surface area (TPSA) is 36.4 Å². The Morgan fingerprint density at radius 3 is 2.59 bits per heavy atom. The van der Waals surface area contributed by atoms with Gasteiger partial charge in [-0.1, -0.05) is 0 Å². The number of amides is 1. The fourth-order valence-electron chi connectivity index (χ4n) is 1.36. The molecule has 1 heterocycles. The summed E-state index contributed by atoms with van der Waals surface area (Å²) in [4.78, 5) is 19.6. The van der Waals surface area contributed by atoms with Crippen LogP contribution in [0.4, 0.5) is 5.82 Å². The van der Waals surface area contributed by atoms with Gasteiger partial charge in [0.25, 0.3) is 0 Å². The molecule has 0 aliphatic rings. The molecule has 94 valence electrons. The molecule has 1 aromatic heterocycles. The molecule has 1 amide bonds. The van der Waals surface area contributed by atoms with Crippen molar-refractivity contribution >= 4 is 27.7 Å². The lowest BCUT2D eigenvalue weighted by atomic mass is 10.3. The summed E-state index contributed by atoms with van der Waals surface area (Å²) in [5, 5.41) is 0. The van der Waals surface area contributed by atoms with E-state index in [-0.39, 0.29) is 5.91 Å². The summed E-state index contributed by atoms with van der Waals surface area (Å²) in [5.74, 6) is 0.914. The van der Waals surface area contributed by atoms with E-state index in [4.69, 9.17) is 0 Å². The summed E-state index contributed by atoms with van der Waals surface area (Å²) >= 11 is 3.42. The predicted molar refractivity (Wildman–Crippen MR) is 73.3 cm³/mol. The van der Waals surface area contributed by atoms with Gasteiger partial charge in [0.15, 0.2) is 0 Å². The zero-order chi connectivity index (χ0) is 13.0. The maximum Gasteiger partial charge on any atom is 0.241 e. The molecule has 1 aromatic rings. The standard InChI is InChI=1S/C12H18BrN3O/c1-5-16(8-12(17)15(3)4)11-6-9(2)10(13)7-14-11/h6-7H,5,8H2,1-4H3. The number of anilines is 1. The van der Waals surface area contributed by atoms with Gasteiger partial charge in [-0.05, 0) is 41.4 Å². The Morgan fingerprint density at radius 1 is 1.47 bits per heavy atom. The number of nitrogens with zero attached hydrogens (tertiary/aromatic N) is 3. The smallest absolute Gasteiger partial charge is 0.241 e. The average molecular weight is 300 g/mol. The molecule has 1 rings (SSSR count). The molecule has 17 heavy (non-hydrogen) atoms. The molecule has 0 bridgehead atoms. The minimum atomic E-state index is 0.0780. The predicted octanol–water partition coefficient (Wildman–Crippen LogP) is 2.07. The number of carbonyl (C=O) groups is 1. The van der Waals surface area contributed by atoms with E-state index in [0.29, 0.717) is 6.54 Å². The maximum absolute atomic E-state index is 11.7. The van der Waals surface area contributed by atoms with Gasteiger partial charge in [0.1, 0.15) is 5.82 Å². The number of halogens is 1. The largest absolute Gasteiger partial charge is 0.348 e. The molecule has 0 fully saturated rings. The van der Waals surface area contributed by atoms with Crippen LogP contribution in [0.2, 0.25) is 0 Å². The Bertz CT molecular complexity index is 407. The zero-order valence-corrected chi connectivity index (χ0v) is 12.3. The molecule has 0 unspecified atom stereocenters. The van der Waals surface area contributed by atoms with Gasteiger partial charge in [0, 0.05) is 31.3 Å². The Morgan fingerprint density at radius 2 is 2.12 bits per heavy atom. The Labute approximate surface area is 111 Å². The Kier molecular flexibility index (Phi) is 4.93. The molecule has 0 aliphatic heterocycles. The van der Waals surface area contributed by atoms with Crippen molar-refractivity contribution in [2.75, 3.05) is 32.1 Å². The van der Waals surface area contributed by atoms with E-state index in [1.54, 1.807) is 25.2 Å². The van der Waals surface area contributed by atoms with Crippen LogP contribution in [0.15, 0.2) is 16.7 Å². The maximum atomic E-state index is 11.7. The Balaban J connectivity index is 2.86. The SMILES string of the molecule is CCN(CC(=O)N(C)C)c1cc(C)c(Br)cn1. The van der Waals surface area contributed by atoms with Crippen LogP contribution in [-0.4, -0.2) is 43.0 Å². The van der Waals surface area contributed by atoms with Crippen LogP contribution in [0.25, 0.3) is 0 Å². The van der Waals surface area contributed by atoms with Gasteiger partial charge in [-0.15, -0.1) is 0 Å². The second kappa shape index (κ2) is 6.00. The van der Waals surface area contributed by atoms with Crippen molar-refractivity contribution < 1.29 is 4.79 Å². The van der Waals surface area contributed by atoms with Gasteiger partial charge in [-0.3, -0.25) is 4.79 Å². The lowest BCUT2D eigenvalue weighted by Gasteiger charge is -2.23. The van der Waals surface area contributed by atoms with Crippen LogP contribution >= 0.6 is 15.9 Å². The van der Waals surface area contributed by atoms with Crippen molar-refractivity contribution in [1.82, 2.24) is 9.88 Å². The monoisotopic (exact) mass is 299 g/mol. The number of rotatable bonds is 4. The first-order valence-electron chi connectivity index (χ1n) is 5.53. The molecular weight excluding hydrogens is 282 g/mol. The molecule has 0 saturated heterocycles. The van der Waals surface area contributed by atoms with Crippen LogP contribution in [0, 0.1) is 6.92 Å². The van der Waals surface area contributed by atoms with Crippen LogP contribution in [0.5, 0.6) is 0 Å². The summed E-state index contributed by atoms with van der Waals surface area (Å²) in [6.07, 6.45) is 1.77. The first-order valence-corrected chi connectivity index (χ1v) is 6.32. The number of aryl methyl sites for hydroxylation is 1. The van der Waals surface area contributed by atoms with Gasteiger partial charge in [0.05, 0.1) is 6.54 Å². The molecule has 4 nitrogen and oxygen atoms in total. The third kappa shape index (κ3) is 3.70. The zero-order valence-electron chi connectivity index (χ0n) is 10.7. The van der Waals surface area contributed by atoms with Crippen molar-refractivity contribution in [3.63, 3.8) is 0 Å². The number of hydrogen-bond donors (Lipinski definition) is 0. The van der Waals surface area contributed by atoms with Crippen molar-refractivity contribution in [2.45, 2.75) is 13.8 Å². The van der Waals surface area contributed by atoms with Gasteiger partial charge in [-0.25, -0.2) is 4.98 Å². The Hall–Kier alpha value is -1.10. The summed E-state index contributed by atoms with van der Waals surface area (Å²) in [6, 6.07) is 1.98. The van der Waals surface area contributed by atoms with Gasteiger partial charge >= 0.3 is 0 Å². The van der Waals surface area contributed by atoms with Crippen molar-refractivity contribution in [2.24, 2.45) is 0 Å². The van der Waals surface area contributed by atoms with Crippen molar-refractivity contribution in [3.8, 4) is 0 Å². The van der Waals surface area contributed by atoms with E-state index in [2.05, 4.69) is 20.9 Å². The molecule has 0 atom stereocenters. The second-order valence-electron chi connectivity index (χ2n) is 4.09. The third-order valence-corrected chi connectivity index (χ3v) is 3.39. The highest BCUT2D eigenvalue weighted by Crippen LogP contribution is 2.19. The van der Waals surface area contributed by atoms with Gasteiger partial charge < -0.3 is 9.80 Å². The van der Waals surface area contributed by atoms with E-state index in [9.17, 15) is 4.79 Å². The van der Waals surface area contributed by atoms with E-state index in [0.717, 1.165) is 22.4 Å². The van der Waals surface area contributed by atoms with Crippen LogP contribution in [-0.2, 0) is 4.79 Å². The lowest BCUT2D eigenvalue weighted by molar-refractivity contribution is -0.127. The van der Waals surface area contributed by atoms with Crippen LogP contribution in [0.1, 0.15) is 12.5 Å². The number of pyridine rings is 1. The molecule has 5 heteroatoms.